The van der Waals surface area contributed by atoms with Crippen LogP contribution in [0.5, 0.6) is 5.75 Å². The van der Waals surface area contributed by atoms with Gasteiger partial charge in [-0.2, -0.15) is 0 Å². The van der Waals surface area contributed by atoms with Crippen molar-refractivity contribution in [3.8, 4) is 5.75 Å². The van der Waals surface area contributed by atoms with E-state index in [4.69, 9.17) is 0 Å². The Balaban J connectivity index is 2.24. The minimum absolute atomic E-state index is 0.00588. The van der Waals surface area contributed by atoms with Crippen LogP contribution in [0.1, 0.15) is 18.9 Å². The quantitative estimate of drug-likeness (QED) is 0.899. The molecule has 0 fully saturated rings. The summed E-state index contributed by atoms with van der Waals surface area (Å²) in [5, 5.41) is 10.5. The maximum atomic E-state index is 14.0. The number of benzene rings is 1. The molecule has 1 aromatic rings. The molecule has 0 saturated heterocycles. The van der Waals surface area contributed by atoms with Gasteiger partial charge in [-0.15, -0.1) is 0 Å². The third-order valence-corrected chi connectivity index (χ3v) is 4.96. The van der Waals surface area contributed by atoms with Crippen molar-refractivity contribution in [1.29, 1.82) is 0 Å². The molecule has 3 rings (SSSR count). The second-order valence-corrected chi connectivity index (χ2v) is 6.19. The molecule has 3 unspecified atom stereocenters. The van der Waals surface area contributed by atoms with Gasteiger partial charge in [0.05, 0.1) is 6.04 Å². The number of likely N-dealkylation sites (N-methyl/N-ethyl adjacent to an activating group) is 1. The number of phenols is 1. The number of rotatable bonds is 3. The second kappa shape index (κ2) is 6.07. The van der Waals surface area contributed by atoms with Gasteiger partial charge >= 0.3 is 0 Å². The Morgan fingerprint density at radius 3 is 2.70 bits per heavy atom. The van der Waals surface area contributed by atoms with E-state index in [0.29, 0.717) is 5.56 Å². The molecule has 1 aliphatic heterocycles. The minimum atomic E-state index is -0.508. The van der Waals surface area contributed by atoms with Crippen LogP contribution in [0.25, 0.3) is 0 Å². The van der Waals surface area contributed by atoms with E-state index in [9.17, 15) is 9.50 Å². The SMILES string of the molecule is CCC1C=CC=CC1(c1cc(F)ccc1O)C1C=CC=CN1C. The van der Waals surface area contributed by atoms with Gasteiger partial charge in [-0.3, -0.25) is 0 Å². The number of nitrogens with zero attached hydrogens (tertiary/aromatic N) is 1. The highest BCUT2D eigenvalue weighted by Gasteiger charge is 2.46. The Hall–Kier alpha value is -2.29. The van der Waals surface area contributed by atoms with Crippen LogP contribution in [0.3, 0.4) is 0 Å². The van der Waals surface area contributed by atoms with Crippen LogP contribution in [-0.4, -0.2) is 23.1 Å². The van der Waals surface area contributed by atoms with Gasteiger partial charge in [0.25, 0.3) is 0 Å². The van der Waals surface area contributed by atoms with Gasteiger partial charge in [0.1, 0.15) is 11.6 Å². The van der Waals surface area contributed by atoms with Gasteiger partial charge in [-0.1, -0.05) is 43.4 Å². The van der Waals surface area contributed by atoms with Crippen molar-refractivity contribution >= 4 is 0 Å². The Morgan fingerprint density at radius 1 is 1.17 bits per heavy atom. The highest BCUT2D eigenvalue weighted by molar-refractivity contribution is 5.49. The molecule has 0 bridgehead atoms. The number of hydrogen-bond acceptors (Lipinski definition) is 2. The molecule has 0 saturated carbocycles. The summed E-state index contributed by atoms with van der Waals surface area (Å²) >= 11 is 0. The molecule has 1 heterocycles. The van der Waals surface area contributed by atoms with Crippen molar-refractivity contribution in [3.05, 3.63) is 78.3 Å². The lowest BCUT2D eigenvalue weighted by molar-refractivity contribution is 0.217. The summed E-state index contributed by atoms with van der Waals surface area (Å²) in [4.78, 5) is 2.12. The third-order valence-electron chi connectivity index (χ3n) is 4.96. The molecule has 0 aromatic heterocycles. The molecular weight excluding hydrogens is 289 g/mol. The predicted octanol–water partition coefficient (Wildman–Crippen LogP) is 4.31. The number of hydrogen-bond donors (Lipinski definition) is 1. The first-order valence-electron chi connectivity index (χ1n) is 8.01. The molecule has 1 aromatic carbocycles. The van der Waals surface area contributed by atoms with Crippen LogP contribution in [0.15, 0.2) is 66.9 Å². The summed E-state index contributed by atoms with van der Waals surface area (Å²) in [6.07, 6.45) is 17.3. The Labute approximate surface area is 136 Å². The first-order chi connectivity index (χ1) is 11.1. The van der Waals surface area contributed by atoms with E-state index in [2.05, 4.69) is 30.1 Å². The van der Waals surface area contributed by atoms with Gasteiger partial charge < -0.3 is 10.0 Å². The predicted molar refractivity (Wildman–Crippen MR) is 91.6 cm³/mol. The molecule has 2 aliphatic rings. The molecule has 0 spiro atoms. The lowest BCUT2D eigenvalue weighted by Gasteiger charge is -2.48. The smallest absolute Gasteiger partial charge is 0.123 e. The van der Waals surface area contributed by atoms with E-state index in [1.54, 1.807) is 0 Å². The zero-order valence-corrected chi connectivity index (χ0v) is 13.5. The van der Waals surface area contributed by atoms with Crippen molar-refractivity contribution in [2.75, 3.05) is 7.05 Å². The highest BCUT2D eigenvalue weighted by Crippen LogP contribution is 2.47. The molecule has 120 valence electrons. The van der Waals surface area contributed by atoms with E-state index >= 15 is 0 Å². The lowest BCUT2D eigenvalue weighted by Crippen LogP contribution is -2.50. The molecular formula is C20H22FNO. The summed E-state index contributed by atoms with van der Waals surface area (Å²) in [6.45, 7) is 2.13. The Bertz CT molecular complexity index is 704. The van der Waals surface area contributed by atoms with Gasteiger partial charge in [0.2, 0.25) is 0 Å². The molecule has 0 radical (unpaired) electrons. The van der Waals surface area contributed by atoms with Crippen molar-refractivity contribution in [3.63, 3.8) is 0 Å². The summed E-state index contributed by atoms with van der Waals surface area (Å²) in [5.41, 5.74) is 0.132. The zero-order valence-electron chi connectivity index (χ0n) is 13.5. The number of allylic oxidation sites excluding steroid dienone is 5. The van der Waals surface area contributed by atoms with E-state index in [-0.39, 0.29) is 23.5 Å². The molecule has 0 amide bonds. The topological polar surface area (TPSA) is 23.5 Å². The average Bonchev–Trinajstić information content (AvgIpc) is 2.57. The van der Waals surface area contributed by atoms with Crippen molar-refractivity contribution < 1.29 is 9.50 Å². The van der Waals surface area contributed by atoms with Gasteiger partial charge in [-0.25, -0.2) is 4.39 Å². The lowest BCUT2D eigenvalue weighted by atomic mass is 9.61. The monoisotopic (exact) mass is 311 g/mol. The van der Waals surface area contributed by atoms with Crippen LogP contribution >= 0.6 is 0 Å². The van der Waals surface area contributed by atoms with Crippen molar-refractivity contribution in [2.24, 2.45) is 5.92 Å². The summed E-state index contributed by atoms with van der Waals surface area (Å²) in [7, 11) is 2.02. The summed E-state index contributed by atoms with van der Waals surface area (Å²) in [6, 6.07) is 4.23. The van der Waals surface area contributed by atoms with Crippen molar-refractivity contribution in [2.45, 2.75) is 24.8 Å². The maximum absolute atomic E-state index is 14.0. The fraction of sp³-hybridized carbons (Fsp3) is 0.300. The van der Waals surface area contributed by atoms with E-state index in [1.165, 1.54) is 18.2 Å². The zero-order chi connectivity index (χ0) is 16.4. The van der Waals surface area contributed by atoms with E-state index < -0.39 is 5.41 Å². The van der Waals surface area contributed by atoms with Gasteiger partial charge in [0, 0.05) is 18.0 Å². The van der Waals surface area contributed by atoms with Crippen molar-refractivity contribution in [1.82, 2.24) is 4.90 Å². The normalized spacial score (nSPS) is 29.3. The highest BCUT2D eigenvalue weighted by atomic mass is 19.1. The molecule has 1 N–H and O–H groups in total. The molecule has 2 nitrogen and oxygen atoms in total. The Morgan fingerprint density at radius 2 is 1.96 bits per heavy atom. The largest absolute Gasteiger partial charge is 0.508 e. The molecule has 3 atom stereocenters. The third kappa shape index (κ3) is 2.50. The van der Waals surface area contributed by atoms with Crippen LogP contribution in [0.4, 0.5) is 4.39 Å². The molecule has 1 aliphatic carbocycles. The number of aromatic hydroxyl groups is 1. The second-order valence-electron chi connectivity index (χ2n) is 6.19. The van der Waals surface area contributed by atoms with E-state index in [0.717, 1.165) is 6.42 Å². The number of phenolic OH excluding ortho intramolecular Hbond substituents is 1. The van der Waals surface area contributed by atoms with Crippen LogP contribution in [0, 0.1) is 11.7 Å². The summed E-state index contributed by atoms with van der Waals surface area (Å²) in [5.74, 6) is -0.0158. The first-order valence-corrected chi connectivity index (χ1v) is 8.01. The van der Waals surface area contributed by atoms with Gasteiger partial charge in [0.15, 0.2) is 0 Å². The fourth-order valence-electron chi connectivity index (χ4n) is 3.87. The molecule has 23 heavy (non-hydrogen) atoms. The molecule has 3 heteroatoms. The van der Waals surface area contributed by atoms with E-state index in [1.807, 2.05) is 37.6 Å². The van der Waals surface area contributed by atoms with Crippen LogP contribution in [0.2, 0.25) is 0 Å². The summed E-state index contributed by atoms with van der Waals surface area (Å²) < 4.78 is 14.0. The van der Waals surface area contributed by atoms with Crippen LogP contribution in [-0.2, 0) is 5.41 Å². The number of halogens is 1. The fourth-order valence-corrected chi connectivity index (χ4v) is 3.87. The average molecular weight is 311 g/mol. The van der Waals surface area contributed by atoms with Gasteiger partial charge in [-0.05, 0) is 42.8 Å². The Kier molecular flexibility index (Phi) is 4.12. The maximum Gasteiger partial charge on any atom is 0.123 e. The standard InChI is InChI=1S/C20H22FNO/c1-3-15-8-4-6-12-20(15,19-9-5-7-13-22(19)2)17-14-16(21)10-11-18(17)23/h4-15,19,23H,3H2,1-2H3. The minimum Gasteiger partial charge on any atom is -0.508 e. The first kappa shape index (κ1) is 15.6. The van der Waals surface area contributed by atoms with Crippen LogP contribution < -0.4 is 0 Å².